The van der Waals surface area contributed by atoms with Crippen LogP contribution in [-0.2, 0) is 31.4 Å². The first kappa shape index (κ1) is 24.8. The summed E-state index contributed by atoms with van der Waals surface area (Å²) in [7, 11) is -8.58. The van der Waals surface area contributed by atoms with Crippen molar-refractivity contribution < 1.29 is 30.6 Å². The van der Waals surface area contributed by atoms with Gasteiger partial charge >= 0.3 is 0 Å². The van der Waals surface area contributed by atoms with Gasteiger partial charge in [-0.15, -0.1) is 0 Å². The number of fused-ring (bicyclic) bond motifs is 1. The number of hydrogen-bond acceptors (Lipinski definition) is 5. The fourth-order valence-corrected chi connectivity index (χ4v) is 5.28. The zero-order chi connectivity index (χ0) is 24.4. The van der Waals surface area contributed by atoms with E-state index < -0.39 is 31.9 Å². The van der Waals surface area contributed by atoms with E-state index in [0.29, 0.717) is 16.7 Å². The van der Waals surface area contributed by atoms with Crippen LogP contribution in [0.1, 0.15) is 43.7 Å². The zero-order valence-corrected chi connectivity index (χ0v) is 19.7. The Hall–Kier alpha value is -2.82. The summed E-state index contributed by atoms with van der Waals surface area (Å²) < 4.78 is 72.8. The number of aryl methyl sites for hydroxylation is 1. The number of sulfonamides is 1. The minimum atomic E-state index is -4.46. The van der Waals surface area contributed by atoms with E-state index in [4.69, 9.17) is 0 Å². The van der Waals surface area contributed by atoms with Gasteiger partial charge in [0, 0.05) is 12.0 Å². The summed E-state index contributed by atoms with van der Waals surface area (Å²) in [5, 5.41) is 0. The van der Waals surface area contributed by atoms with E-state index in [0.717, 1.165) is 29.8 Å². The van der Waals surface area contributed by atoms with Crippen molar-refractivity contribution in [1.82, 2.24) is 4.72 Å². The summed E-state index contributed by atoms with van der Waals surface area (Å²) in [4.78, 5) is 11.7. The lowest BCUT2D eigenvalue weighted by Gasteiger charge is -2.07. The van der Waals surface area contributed by atoms with Gasteiger partial charge in [0.15, 0.2) is 0 Å². The molecule has 0 saturated heterocycles. The summed E-state index contributed by atoms with van der Waals surface area (Å²) in [6.07, 6.45) is 0.395. The van der Waals surface area contributed by atoms with Crippen LogP contribution in [0.4, 0.5) is 4.39 Å². The second kappa shape index (κ2) is 9.58. The largest absolute Gasteiger partial charge is 0.295 e. The van der Waals surface area contributed by atoms with E-state index in [1.165, 1.54) is 6.07 Å². The lowest BCUT2D eigenvalue weighted by atomic mass is 10.0. The molecule has 0 heterocycles. The molecule has 0 spiro atoms. The second-order valence-corrected chi connectivity index (χ2v) is 11.1. The Morgan fingerprint density at radius 1 is 0.970 bits per heavy atom. The molecule has 0 saturated carbocycles. The highest BCUT2D eigenvalue weighted by atomic mass is 32.2. The minimum Gasteiger partial charge on any atom is -0.282 e. The molecule has 1 amide bonds. The molecule has 2 N–H and O–H groups in total. The van der Waals surface area contributed by atoms with Crippen LogP contribution in [0.25, 0.3) is 11.1 Å². The van der Waals surface area contributed by atoms with Crippen molar-refractivity contribution in [3.05, 3.63) is 71.5 Å². The number of amides is 1. The molecule has 0 unspecified atom stereocenters. The molecule has 0 aliphatic heterocycles. The fourth-order valence-electron chi connectivity index (χ4n) is 3.52. The summed E-state index contributed by atoms with van der Waals surface area (Å²) >= 11 is 0. The first-order chi connectivity index (χ1) is 15.4. The Balaban J connectivity index is 1.76. The molecular weight excluding hydrogens is 469 g/mol. The summed E-state index contributed by atoms with van der Waals surface area (Å²) in [6.45, 7) is 4.01. The van der Waals surface area contributed by atoms with E-state index in [9.17, 15) is 30.6 Å². The fraction of sp³-hybridized carbons (Fsp3) is 0.261. The normalized spacial score (nSPS) is 12.3. The molecule has 1 aromatic rings. The van der Waals surface area contributed by atoms with E-state index in [2.05, 4.69) is 0 Å². The Morgan fingerprint density at radius 3 is 2.15 bits per heavy atom. The minimum absolute atomic E-state index is 0.134. The van der Waals surface area contributed by atoms with Gasteiger partial charge < -0.3 is 0 Å². The van der Waals surface area contributed by atoms with Crippen molar-refractivity contribution >= 4 is 26.0 Å². The molecule has 0 bridgehead atoms. The second-order valence-electron chi connectivity index (χ2n) is 7.99. The van der Waals surface area contributed by atoms with Crippen LogP contribution in [0.2, 0.25) is 0 Å². The molecule has 0 fully saturated rings. The number of rotatable bonds is 8. The molecule has 3 rings (SSSR count). The van der Waals surface area contributed by atoms with Crippen LogP contribution in [0.3, 0.4) is 0 Å². The Kier molecular flexibility index (Phi) is 7.20. The molecule has 10 heteroatoms. The SMILES string of the molecule is CC(C)c1ccc2c(CCCC(=O)NS(=O)(=O)c3ccc(F)cc3)cc(S(=O)(=O)O)c-2cc1. The van der Waals surface area contributed by atoms with E-state index in [-0.39, 0.29) is 35.0 Å². The number of carbonyl (C=O) groups excluding carboxylic acids is 1. The lowest BCUT2D eigenvalue weighted by molar-refractivity contribution is -0.119. The van der Waals surface area contributed by atoms with E-state index in [1.807, 2.05) is 24.6 Å². The van der Waals surface area contributed by atoms with Crippen molar-refractivity contribution in [1.29, 1.82) is 0 Å². The van der Waals surface area contributed by atoms with Gasteiger partial charge in [0.05, 0.1) is 4.90 Å². The highest BCUT2D eigenvalue weighted by Gasteiger charge is 2.23. The molecule has 176 valence electrons. The average molecular weight is 494 g/mol. The maximum atomic E-state index is 13.0. The number of hydrogen-bond donors (Lipinski definition) is 2. The first-order valence-electron chi connectivity index (χ1n) is 10.2. The molecule has 1 aromatic carbocycles. The molecule has 2 aliphatic rings. The maximum Gasteiger partial charge on any atom is 0.295 e. The maximum absolute atomic E-state index is 13.0. The van der Waals surface area contributed by atoms with Gasteiger partial charge in [-0.05, 0) is 65.8 Å². The van der Waals surface area contributed by atoms with Crippen molar-refractivity contribution in [3.63, 3.8) is 0 Å². The third kappa shape index (κ3) is 5.95. The molecule has 0 radical (unpaired) electrons. The van der Waals surface area contributed by atoms with Crippen molar-refractivity contribution in [2.24, 2.45) is 0 Å². The number of nitrogens with one attached hydrogen (secondary N) is 1. The standard InChI is InChI=1S/C23H24FNO6S2/c1-15(2)16-6-12-20-17(14-22(33(29,30)31)21(20)13-7-16)4-3-5-23(26)25-32(27,28)19-10-8-18(24)9-11-19/h6-15H,3-5H2,1-2H3,(H,25,26)(H,29,30,31). The lowest BCUT2D eigenvalue weighted by Crippen LogP contribution is -2.30. The molecule has 0 atom stereocenters. The highest BCUT2D eigenvalue weighted by molar-refractivity contribution is 7.90. The smallest absolute Gasteiger partial charge is 0.282 e. The zero-order valence-electron chi connectivity index (χ0n) is 18.1. The predicted octanol–water partition coefficient (Wildman–Crippen LogP) is 4.13. The van der Waals surface area contributed by atoms with Crippen LogP contribution >= 0.6 is 0 Å². The Labute approximate surface area is 192 Å². The highest BCUT2D eigenvalue weighted by Crippen LogP contribution is 2.36. The van der Waals surface area contributed by atoms with Gasteiger partial charge in [-0.1, -0.05) is 38.1 Å². The van der Waals surface area contributed by atoms with Gasteiger partial charge in [-0.3, -0.25) is 9.35 Å². The van der Waals surface area contributed by atoms with Gasteiger partial charge in [0.2, 0.25) is 5.91 Å². The van der Waals surface area contributed by atoms with Crippen LogP contribution in [0.15, 0.2) is 64.4 Å². The third-order valence-electron chi connectivity index (χ3n) is 5.26. The van der Waals surface area contributed by atoms with Crippen LogP contribution in [-0.4, -0.2) is 27.3 Å². The molecule has 7 nitrogen and oxygen atoms in total. The van der Waals surface area contributed by atoms with Crippen molar-refractivity contribution in [2.75, 3.05) is 0 Å². The summed E-state index contributed by atoms with van der Waals surface area (Å²) in [6, 6.07) is 12.6. The van der Waals surface area contributed by atoms with Crippen LogP contribution < -0.4 is 4.72 Å². The van der Waals surface area contributed by atoms with Gasteiger partial charge in [-0.25, -0.2) is 17.5 Å². The Morgan fingerprint density at radius 2 is 1.58 bits per heavy atom. The summed E-state index contributed by atoms with van der Waals surface area (Å²) in [5.41, 5.74) is 2.62. The number of benzene rings is 1. The topological polar surface area (TPSA) is 118 Å². The van der Waals surface area contributed by atoms with E-state index >= 15 is 0 Å². The van der Waals surface area contributed by atoms with Crippen molar-refractivity contribution in [2.45, 2.75) is 48.8 Å². The van der Waals surface area contributed by atoms with E-state index in [1.54, 1.807) is 18.2 Å². The third-order valence-corrected chi connectivity index (χ3v) is 7.54. The van der Waals surface area contributed by atoms with Gasteiger partial charge in [-0.2, -0.15) is 8.42 Å². The molecule has 0 aromatic heterocycles. The van der Waals surface area contributed by atoms with Gasteiger partial charge in [0.25, 0.3) is 20.1 Å². The molecule has 2 aliphatic carbocycles. The first-order valence-corrected chi connectivity index (χ1v) is 13.1. The summed E-state index contributed by atoms with van der Waals surface area (Å²) in [5.74, 6) is -1.12. The molecular formula is C23H24FNO6S2. The number of carbonyl (C=O) groups is 1. The predicted molar refractivity (Wildman–Crippen MR) is 122 cm³/mol. The van der Waals surface area contributed by atoms with Crippen molar-refractivity contribution in [3.8, 4) is 11.1 Å². The van der Waals surface area contributed by atoms with Crippen LogP contribution in [0, 0.1) is 5.82 Å². The van der Waals surface area contributed by atoms with Gasteiger partial charge in [0.1, 0.15) is 10.7 Å². The quantitative estimate of drug-likeness (QED) is 0.456. The molecule has 33 heavy (non-hydrogen) atoms. The Bertz CT molecular complexity index is 1350. The average Bonchev–Trinajstić information content (AvgIpc) is 2.91. The monoisotopic (exact) mass is 493 g/mol. The number of halogens is 1. The van der Waals surface area contributed by atoms with Crippen LogP contribution in [0.5, 0.6) is 0 Å².